The molecule has 0 radical (unpaired) electrons. The molecular weight excluding hydrogens is 399 g/mol. The number of nitrogens with zero attached hydrogens (tertiary/aromatic N) is 5. The Hall–Kier alpha value is -3.04. The van der Waals surface area contributed by atoms with Crippen LogP contribution in [0.15, 0.2) is 24.3 Å². The van der Waals surface area contributed by atoms with Crippen molar-refractivity contribution >= 4 is 11.5 Å². The maximum atomic E-state index is 13.2. The van der Waals surface area contributed by atoms with Crippen molar-refractivity contribution in [2.24, 2.45) is 0 Å². The number of piperidine rings is 1. The van der Waals surface area contributed by atoms with Crippen LogP contribution in [0.5, 0.6) is 11.5 Å². The third kappa shape index (κ3) is 3.40. The number of hydrogen-bond donors (Lipinski definition) is 0. The first-order valence-electron chi connectivity index (χ1n) is 9.86. The highest BCUT2D eigenvalue weighted by atomic mass is 19.4. The van der Waals surface area contributed by atoms with E-state index in [0.29, 0.717) is 25.5 Å². The highest BCUT2D eigenvalue weighted by Crippen LogP contribution is 2.32. The summed E-state index contributed by atoms with van der Waals surface area (Å²) in [6.45, 7) is 3.80. The van der Waals surface area contributed by atoms with Crippen LogP contribution in [0.3, 0.4) is 0 Å². The van der Waals surface area contributed by atoms with Crippen LogP contribution in [0, 0.1) is 6.92 Å². The zero-order valence-corrected chi connectivity index (χ0v) is 16.3. The Morgan fingerprint density at radius 1 is 1.13 bits per heavy atom. The average molecular weight is 419 g/mol. The van der Waals surface area contributed by atoms with Crippen LogP contribution in [-0.4, -0.2) is 45.6 Å². The number of aryl methyl sites for hydroxylation is 1. The molecule has 5 rings (SSSR count). The molecule has 0 amide bonds. The fourth-order valence-corrected chi connectivity index (χ4v) is 4.02. The molecule has 30 heavy (non-hydrogen) atoms. The van der Waals surface area contributed by atoms with Gasteiger partial charge in [-0.05, 0) is 36.8 Å². The fraction of sp³-hybridized carbons (Fsp3) is 0.450. The third-order valence-electron chi connectivity index (χ3n) is 5.52. The van der Waals surface area contributed by atoms with Crippen LogP contribution in [0.2, 0.25) is 0 Å². The monoisotopic (exact) mass is 419 g/mol. The number of ether oxygens (including phenoxy) is 2. The Morgan fingerprint density at radius 2 is 1.93 bits per heavy atom. The molecule has 1 fully saturated rings. The summed E-state index contributed by atoms with van der Waals surface area (Å²) in [5.74, 6) is 1.15. The van der Waals surface area contributed by atoms with Gasteiger partial charge in [-0.2, -0.15) is 17.7 Å². The maximum absolute atomic E-state index is 13.2. The number of hydrogen-bond acceptors (Lipinski definition) is 6. The van der Waals surface area contributed by atoms with E-state index in [1.54, 1.807) is 6.07 Å². The van der Waals surface area contributed by atoms with E-state index in [9.17, 15) is 13.2 Å². The number of alkyl halides is 3. The normalized spacial score (nSPS) is 17.3. The summed E-state index contributed by atoms with van der Waals surface area (Å²) in [6, 6.07) is 7.46. The molecule has 2 aromatic heterocycles. The summed E-state index contributed by atoms with van der Waals surface area (Å²) in [7, 11) is 0. The van der Waals surface area contributed by atoms with Crippen molar-refractivity contribution in [2.45, 2.75) is 38.5 Å². The topological polar surface area (TPSA) is 64.8 Å². The van der Waals surface area contributed by atoms with E-state index < -0.39 is 12.0 Å². The van der Waals surface area contributed by atoms with Gasteiger partial charge < -0.3 is 14.4 Å². The average Bonchev–Trinajstić information content (AvgIpc) is 3.33. The summed E-state index contributed by atoms with van der Waals surface area (Å²) in [5, 5.41) is 11.1. The lowest BCUT2D eigenvalue weighted by Gasteiger charge is -2.33. The molecule has 10 heteroatoms. The maximum Gasteiger partial charge on any atom is 0.453 e. The molecule has 0 N–H and O–H groups in total. The number of fused-ring (bicyclic) bond motifs is 2. The standard InChI is InChI=1S/C20H20F3N5O2/c1-12-10-17-24-25-19(20(21,22)23)28(17)26-18(12)27-7-4-14(5-8-27)30-15-2-3-16-13(11-15)6-9-29-16/h2-3,10-11,14H,4-9H2,1H3. The van der Waals surface area contributed by atoms with Crippen LogP contribution >= 0.6 is 0 Å². The van der Waals surface area contributed by atoms with E-state index >= 15 is 0 Å². The first kappa shape index (κ1) is 19.0. The Morgan fingerprint density at radius 3 is 2.70 bits per heavy atom. The minimum Gasteiger partial charge on any atom is -0.493 e. The smallest absolute Gasteiger partial charge is 0.453 e. The second-order valence-electron chi connectivity index (χ2n) is 7.61. The number of anilines is 1. The van der Waals surface area contributed by atoms with Gasteiger partial charge in [0.15, 0.2) is 11.5 Å². The molecule has 158 valence electrons. The van der Waals surface area contributed by atoms with Gasteiger partial charge >= 0.3 is 6.18 Å². The molecule has 3 aromatic rings. The van der Waals surface area contributed by atoms with Crippen LogP contribution in [0.25, 0.3) is 5.65 Å². The molecule has 0 unspecified atom stereocenters. The third-order valence-corrected chi connectivity index (χ3v) is 5.52. The molecule has 2 aliphatic heterocycles. The van der Waals surface area contributed by atoms with Crippen molar-refractivity contribution in [2.75, 3.05) is 24.6 Å². The van der Waals surface area contributed by atoms with Gasteiger partial charge in [0.1, 0.15) is 17.6 Å². The lowest BCUT2D eigenvalue weighted by molar-refractivity contribution is -0.146. The highest BCUT2D eigenvalue weighted by molar-refractivity contribution is 5.53. The molecule has 0 spiro atoms. The van der Waals surface area contributed by atoms with Crippen LogP contribution in [-0.2, 0) is 12.6 Å². The van der Waals surface area contributed by atoms with Crippen molar-refractivity contribution in [1.82, 2.24) is 19.8 Å². The number of rotatable bonds is 3. The van der Waals surface area contributed by atoms with Gasteiger partial charge in [0.25, 0.3) is 5.82 Å². The van der Waals surface area contributed by atoms with Gasteiger partial charge in [0, 0.05) is 37.9 Å². The van der Waals surface area contributed by atoms with E-state index in [2.05, 4.69) is 15.3 Å². The minimum absolute atomic E-state index is 0.0475. The minimum atomic E-state index is -4.61. The van der Waals surface area contributed by atoms with Crippen molar-refractivity contribution in [3.63, 3.8) is 0 Å². The summed E-state index contributed by atoms with van der Waals surface area (Å²) in [4.78, 5) is 1.99. The van der Waals surface area contributed by atoms with E-state index in [1.807, 2.05) is 30.0 Å². The van der Waals surface area contributed by atoms with Gasteiger partial charge in [-0.1, -0.05) is 0 Å². The molecular formula is C20H20F3N5O2. The molecule has 0 aliphatic carbocycles. The lowest BCUT2D eigenvalue weighted by Crippen LogP contribution is -2.39. The summed E-state index contributed by atoms with van der Waals surface area (Å²) >= 11 is 0. The molecule has 1 aromatic carbocycles. The fourth-order valence-electron chi connectivity index (χ4n) is 4.02. The molecule has 0 bridgehead atoms. The van der Waals surface area contributed by atoms with Crippen LogP contribution in [0.4, 0.5) is 19.0 Å². The first-order valence-corrected chi connectivity index (χ1v) is 9.86. The largest absolute Gasteiger partial charge is 0.493 e. The van der Waals surface area contributed by atoms with Crippen LogP contribution < -0.4 is 14.4 Å². The Balaban J connectivity index is 1.30. The van der Waals surface area contributed by atoms with Gasteiger partial charge in [-0.3, -0.25) is 0 Å². The summed E-state index contributed by atoms with van der Waals surface area (Å²) < 4.78 is 51.9. The molecule has 0 saturated carbocycles. The second-order valence-corrected chi connectivity index (χ2v) is 7.61. The zero-order valence-electron chi connectivity index (χ0n) is 16.3. The van der Waals surface area contributed by atoms with Crippen molar-refractivity contribution in [3.05, 3.63) is 41.2 Å². The highest BCUT2D eigenvalue weighted by Gasteiger charge is 2.38. The van der Waals surface area contributed by atoms with Crippen molar-refractivity contribution in [1.29, 1.82) is 0 Å². The van der Waals surface area contributed by atoms with Crippen molar-refractivity contribution < 1.29 is 22.6 Å². The molecule has 4 heterocycles. The van der Waals surface area contributed by atoms with Crippen LogP contribution in [0.1, 0.15) is 29.8 Å². The van der Waals surface area contributed by atoms with Gasteiger partial charge in [0.2, 0.25) is 0 Å². The Kier molecular flexibility index (Phi) is 4.44. The van der Waals surface area contributed by atoms with E-state index in [4.69, 9.17) is 9.47 Å². The predicted octanol–water partition coefficient (Wildman–Crippen LogP) is 3.43. The summed E-state index contributed by atoms with van der Waals surface area (Å²) in [6.07, 6.45) is -2.17. The Bertz CT molecular complexity index is 1090. The molecule has 7 nitrogen and oxygen atoms in total. The van der Waals surface area contributed by atoms with E-state index in [-0.39, 0.29) is 11.8 Å². The quantitative estimate of drug-likeness (QED) is 0.648. The summed E-state index contributed by atoms with van der Waals surface area (Å²) in [5.41, 5.74) is 2.01. The van der Waals surface area contributed by atoms with Gasteiger partial charge in [0.05, 0.1) is 6.61 Å². The lowest BCUT2D eigenvalue weighted by atomic mass is 10.1. The van der Waals surface area contributed by atoms with E-state index in [0.717, 1.165) is 46.4 Å². The number of benzene rings is 1. The Labute approximate surface area is 170 Å². The van der Waals surface area contributed by atoms with Gasteiger partial charge in [-0.15, -0.1) is 15.3 Å². The molecule has 0 atom stereocenters. The van der Waals surface area contributed by atoms with Gasteiger partial charge in [-0.25, -0.2) is 0 Å². The second kappa shape index (κ2) is 7.03. The number of aromatic nitrogens is 4. The zero-order chi connectivity index (χ0) is 20.9. The first-order chi connectivity index (χ1) is 14.4. The van der Waals surface area contributed by atoms with Crippen molar-refractivity contribution in [3.8, 4) is 11.5 Å². The SMILES string of the molecule is Cc1cc2nnc(C(F)(F)F)n2nc1N1CCC(Oc2ccc3c(c2)CCO3)CC1. The van der Waals surface area contributed by atoms with E-state index in [1.165, 1.54) is 0 Å². The predicted molar refractivity (Wildman–Crippen MR) is 102 cm³/mol. The molecule has 2 aliphatic rings. The number of halogens is 3. The molecule has 1 saturated heterocycles.